The van der Waals surface area contributed by atoms with Crippen LogP contribution in [0.3, 0.4) is 0 Å². The van der Waals surface area contributed by atoms with Crippen molar-refractivity contribution in [2.45, 2.75) is 25.2 Å². The van der Waals surface area contributed by atoms with Crippen molar-refractivity contribution >= 4 is 33.2 Å². The van der Waals surface area contributed by atoms with Gasteiger partial charge in [-0.2, -0.15) is 0 Å². The zero-order valence-electron chi connectivity index (χ0n) is 15.8. The van der Waals surface area contributed by atoms with Crippen molar-refractivity contribution in [3.05, 3.63) is 54.1 Å². The van der Waals surface area contributed by atoms with Crippen LogP contribution in [0.1, 0.15) is 18.9 Å². The van der Waals surface area contributed by atoms with Gasteiger partial charge in [-0.05, 0) is 49.2 Å². The average Bonchev–Trinajstić information content (AvgIpc) is 3.01. The van der Waals surface area contributed by atoms with Crippen LogP contribution in [0.5, 0.6) is 0 Å². The van der Waals surface area contributed by atoms with E-state index in [2.05, 4.69) is 10.0 Å². The Labute approximate surface area is 164 Å². The van der Waals surface area contributed by atoms with E-state index in [-0.39, 0.29) is 29.2 Å². The van der Waals surface area contributed by atoms with Crippen molar-refractivity contribution in [2.75, 3.05) is 23.3 Å². The highest BCUT2D eigenvalue weighted by Gasteiger charge is 2.31. The number of hydrogen-bond acceptors (Lipinski definition) is 4. The van der Waals surface area contributed by atoms with Crippen molar-refractivity contribution in [3.8, 4) is 0 Å². The van der Waals surface area contributed by atoms with E-state index in [1.807, 2.05) is 31.2 Å². The van der Waals surface area contributed by atoms with Crippen molar-refractivity contribution in [1.29, 1.82) is 0 Å². The van der Waals surface area contributed by atoms with E-state index in [0.717, 1.165) is 11.3 Å². The van der Waals surface area contributed by atoms with Gasteiger partial charge in [0.15, 0.2) is 0 Å². The molecule has 0 bridgehead atoms. The summed E-state index contributed by atoms with van der Waals surface area (Å²) in [5, 5.41) is 2.59. The standard InChI is InChI=1S/C20H23N3O4S/c1-14-3-7-18(8-4-14)23-13-16(11-20(23)25)12-21-28(26,27)19-9-5-17(6-10-19)22-15(2)24/h3-10,16,21H,11-13H2,1-2H3,(H,22,24)/t16-/m0/s1. The minimum atomic E-state index is -3.69. The Balaban J connectivity index is 1.61. The molecule has 0 saturated carbocycles. The minimum Gasteiger partial charge on any atom is -0.326 e. The summed E-state index contributed by atoms with van der Waals surface area (Å²) in [5.74, 6) is -0.326. The number of nitrogens with one attached hydrogen (secondary N) is 2. The molecular weight excluding hydrogens is 378 g/mol. The second-order valence-corrected chi connectivity index (χ2v) is 8.73. The Kier molecular flexibility index (Phi) is 5.81. The Morgan fingerprint density at radius 1 is 1.11 bits per heavy atom. The smallest absolute Gasteiger partial charge is 0.240 e. The van der Waals surface area contributed by atoms with E-state index in [9.17, 15) is 18.0 Å². The van der Waals surface area contributed by atoms with Crippen molar-refractivity contribution in [3.63, 3.8) is 0 Å². The molecule has 0 unspecified atom stereocenters. The van der Waals surface area contributed by atoms with Crippen molar-refractivity contribution in [1.82, 2.24) is 4.72 Å². The molecule has 2 aromatic rings. The van der Waals surface area contributed by atoms with Gasteiger partial charge in [-0.3, -0.25) is 9.59 Å². The topological polar surface area (TPSA) is 95.6 Å². The van der Waals surface area contributed by atoms with Crippen molar-refractivity contribution < 1.29 is 18.0 Å². The predicted octanol–water partition coefficient (Wildman–Crippen LogP) is 2.28. The van der Waals surface area contributed by atoms with E-state index in [4.69, 9.17) is 0 Å². The molecule has 8 heteroatoms. The molecule has 7 nitrogen and oxygen atoms in total. The number of anilines is 2. The molecule has 0 aromatic heterocycles. The fourth-order valence-corrected chi connectivity index (χ4v) is 4.24. The summed E-state index contributed by atoms with van der Waals surface area (Å²) in [5.41, 5.74) is 2.47. The van der Waals surface area contributed by atoms with Gasteiger partial charge in [0.2, 0.25) is 21.8 Å². The first-order chi connectivity index (χ1) is 13.2. The SMILES string of the molecule is CC(=O)Nc1ccc(S(=O)(=O)NC[C@@H]2CC(=O)N(c3ccc(C)cc3)C2)cc1. The van der Waals surface area contributed by atoms with Crippen LogP contribution in [-0.4, -0.2) is 33.3 Å². The van der Waals surface area contributed by atoms with E-state index < -0.39 is 10.0 Å². The van der Waals surface area contributed by atoms with Crippen LogP contribution in [0.2, 0.25) is 0 Å². The number of aryl methyl sites for hydroxylation is 1. The number of carbonyl (C=O) groups excluding carboxylic acids is 2. The second-order valence-electron chi connectivity index (χ2n) is 6.97. The van der Waals surface area contributed by atoms with Gasteiger partial charge in [0.05, 0.1) is 4.90 Å². The van der Waals surface area contributed by atoms with Crippen LogP contribution >= 0.6 is 0 Å². The van der Waals surface area contributed by atoms with E-state index in [0.29, 0.717) is 18.7 Å². The number of benzene rings is 2. The summed E-state index contributed by atoms with van der Waals surface area (Å²) in [4.78, 5) is 25.2. The third-order valence-electron chi connectivity index (χ3n) is 4.60. The molecule has 1 aliphatic rings. The van der Waals surface area contributed by atoms with Crippen LogP contribution in [-0.2, 0) is 19.6 Å². The molecule has 0 radical (unpaired) electrons. The van der Waals surface area contributed by atoms with Gasteiger partial charge in [-0.25, -0.2) is 13.1 Å². The lowest BCUT2D eigenvalue weighted by molar-refractivity contribution is -0.117. The van der Waals surface area contributed by atoms with Gasteiger partial charge in [0.25, 0.3) is 0 Å². The number of rotatable bonds is 6. The molecule has 1 heterocycles. The van der Waals surface area contributed by atoms with Gasteiger partial charge >= 0.3 is 0 Å². The first-order valence-corrected chi connectivity index (χ1v) is 10.5. The maximum Gasteiger partial charge on any atom is 0.240 e. The number of hydrogen-bond donors (Lipinski definition) is 2. The fourth-order valence-electron chi connectivity index (χ4n) is 3.12. The molecule has 2 aromatic carbocycles. The summed E-state index contributed by atoms with van der Waals surface area (Å²) in [6, 6.07) is 13.6. The number of carbonyl (C=O) groups is 2. The van der Waals surface area contributed by atoms with Crippen LogP contribution in [0.4, 0.5) is 11.4 Å². The molecule has 2 amide bonds. The van der Waals surface area contributed by atoms with Crippen LogP contribution in [0.15, 0.2) is 53.4 Å². The lowest BCUT2D eigenvalue weighted by Gasteiger charge is -2.17. The number of nitrogens with zero attached hydrogens (tertiary/aromatic N) is 1. The Hall–Kier alpha value is -2.71. The molecule has 1 saturated heterocycles. The molecule has 0 spiro atoms. The lowest BCUT2D eigenvalue weighted by Crippen LogP contribution is -2.31. The molecule has 3 rings (SSSR count). The van der Waals surface area contributed by atoms with Gasteiger partial charge in [0.1, 0.15) is 0 Å². The number of amides is 2. The van der Waals surface area contributed by atoms with E-state index in [1.165, 1.54) is 31.2 Å². The molecular formula is C20H23N3O4S. The highest BCUT2D eigenvalue weighted by molar-refractivity contribution is 7.89. The van der Waals surface area contributed by atoms with Gasteiger partial charge in [-0.15, -0.1) is 0 Å². The maximum absolute atomic E-state index is 12.5. The van der Waals surface area contributed by atoms with E-state index >= 15 is 0 Å². The zero-order valence-corrected chi connectivity index (χ0v) is 16.6. The largest absolute Gasteiger partial charge is 0.326 e. The minimum absolute atomic E-state index is 0.00675. The van der Waals surface area contributed by atoms with Crippen LogP contribution in [0.25, 0.3) is 0 Å². The van der Waals surface area contributed by atoms with Gasteiger partial charge < -0.3 is 10.2 Å². The third kappa shape index (κ3) is 4.76. The second kappa shape index (κ2) is 8.12. The highest BCUT2D eigenvalue weighted by Crippen LogP contribution is 2.25. The first-order valence-electron chi connectivity index (χ1n) is 8.99. The zero-order chi connectivity index (χ0) is 20.3. The van der Waals surface area contributed by atoms with Gasteiger partial charge in [-0.1, -0.05) is 17.7 Å². The molecule has 28 heavy (non-hydrogen) atoms. The Morgan fingerprint density at radius 3 is 2.36 bits per heavy atom. The molecule has 2 N–H and O–H groups in total. The van der Waals surface area contributed by atoms with Crippen molar-refractivity contribution in [2.24, 2.45) is 5.92 Å². The normalized spacial score (nSPS) is 17.0. The maximum atomic E-state index is 12.5. The summed E-state index contributed by atoms with van der Waals surface area (Å²) < 4.78 is 27.6. The predicted molar refractivity (Wildman–Crippen MR) is 108 cm³/mol. The Morgan fingerprint density at radius 2 is 1.75 bits per heavy atom. The molecule has 1 atom stereocenters. The molecule has 1 aliphatic heterocycles. The van der Waals surface area contributed by atoms with Crippen LogP contribution in [0, 0.1) is 12.8 Å². The van der Waals surface area contributed by atoms with Gasteiger partial charge in [0, 0.05) is 37.8 Å². The molecule has 0 aliphatic carbocycles. The summed E-state index contributed by atoms with van der Waals surface area (Å²) in [7, 11) is -3.69. The summed E-state index contributed by atoms with van der Waals surface area (Å²) in [6.45, 7) is 4.03. The highest BCUT2D eigenvalue weighted by atomic mass is 32.2. The average molecular weight is 401 g/mol. The fraction of sp³-hybridized carbons (Fsp3) is 0.300. The molecule has 148 valence electrons. The molecule has 1 fully saturated rings. The quantitative estimate of drug-likeness (QED) is 0.776. The first kappa shape index (κ1) is 20.0. The van der Waals surface area contributed by atoms with Crippen LogP contribution < -0.4 is 14.9 Å². The summed E-state index contributed by atoms with van der Waals surface area (Å²) >= 11 is 0. The lowest BCUT2D eigenvalue weighted by atomic mass is 10.1. The summed E-state index contributed by atoms with van der Waals surface area (Å²) in [6.07, 6.45) is 0.303. The Bertz CT molecular complexity index is 970. The monoisotopic (exact) mass is 401 g/mol. The number of sulfonamides is 1. The third-order valence-corrected chi connectivity index (χ3v) is 6.04. The van der Waals surface area contributed by atoms with E-state index in [1.54, 1.807) is 4.90 Å².